The highest BCUT2D eigenvalue weighted by molar-refractivity contribution is 5.86. The Labute approximate surface area is 194 Å². The van der Waals surface area contributed by atoms with Crippen LogP contribution in [0.25, 0.3) is 11.1 Å². The lowest BCUT2D eigenvalue weighted by atomic mass is 10.0. The molecule has 33 heavy (non-hydrogen) atoms. The molecule has 8 heteroatoms. The Kier molecular flexibility index (Phi) is 6.09. The van der Waals surface area contributed by atoms with Gasteiger partial charge >= 0.3 is 0 Å². The molecule has 4 heterocycles. The quantitative estimate of drug-likeness (QED) is 0.571. The summed E-state index contributed by atoms with van der Waals surface area (Å²) in [5.41, 5.74) is 4.40. The summed E-state index contributed by atoms with van der Waals surface area (Å²) < 4.78 is 18.9. The number of aryl methyl sites for hydroxylation is 2. The number of anilines is 2. The van der Waals surface area contributed by atoms with Gasteiger partial charge in [-0.2, -0.15) is 5.10 Å². The first-order valence-corrected chi connectivity index (χ1v) is 11.5. The number of fused-ring (bicyclic) bond motifs is 1. The number of hydrogen-bond acceptors (Lipinski definition) is 7. The maximum atomic E-state index is 5.66. The molecule has 0 radical (unpaired) electrons. The van der Waals surface area contributed by atoms with Gasteiger partial charge in [-0.15, -0.1) is 0 Å². The zero-order valence-electron chi connectivity index (χ0n) is 19.6. The molecular formula is C25H31N5O3. The Morgan fingerprint density at radius 3 is 2.67 bits per heavy atom. The van der Waals surface area contributed by atoms with Crippen LogP contribution in [-0.2, 0) is 17.8 Å². The number of methoxy groups -OCH3 is 2. The summed E-state index contributed by atoms with van der Waals surface area (Å²) in [6, 6.07) is 10.1. The van der Waals surface area contributed by atoms with Crippen molar-refractivity contribution < 1.29 is 14.2 Å². The largest absolute Gasteiger partial charge is 0.497 e. The van der Waals surface area contributed by atoms with Crippen LogP contribution in [0.1, 0.15) is 17.7 Å². The monoisotopic (exact) mass is 449 g/mol. The summed E-state index contributed by atoms with van der Waals surface area (Å²) in [4.78, 5) is 9.51. The third-order valence-corrected chi connectivity index (χ3v) is 6.41. The smallest absolute Gasteiger partial charge is 0.136 e. The van der Waals surface area contributed by atoms with Crippen molar-refractivity contribution in [2.45, 2.75) is 26.4 Å². The second-order valence-corrected chi connectivity index (χ2v) is 8.43. The van der Waals surface area contributed by atoms with Crippen molar-refractivity contribution in [2.24, 2.45) is 0 Å². The Balaban J connectivity index is 1.57. The molecule has 2 aliphatic heterocycles. The van der Waals surface area contributed by atoms with E-state index in [1.807, 2.05) is 24.4 Å². The van der Waals surface area contributed by atoms with Crippen LogP contribution in [0.2, 0.25) is 0 Å². The van der Waals surface area contributed by atoms with E-state index in [9.17, 15) is 0 Å². The molecule has 8 nitrogen and oxygen atoms in total. The second-order valence-electron chi connectivity index (χ2n) is 8.43. The van der Waals surface area contributed by atoms with E-state index in [1.165, 1.54) is 0 Å². The number of morpholine rings is 1. The summed E-state index contributed by atoms with van der Waals surface area (Å²) in [6.45, 7) is 7.81. The van der Waals surface area contributed by atoms with E-state index < -0.39 is 0 Å². The van der Waals surface area contributed by atoms with Crippen molar-refractivity contribution in [3.8, 4) is 22.6 Å². The van der Waals surface area contributed by atoms with E-state index in [0.29, 0.717) is 6.54 Å². The number of aromatic nitrogens is 3. The molecule has 5 rings (SSSR count). The molecule has 0 amide bonds. The van der Waals surface area contributed by atoms with Crippen LogP contribution in [0.3, 0.4) is 0 Å². The molecule has 1 aromatic carbocycles. The molecule has 0 spiro atoms. The molecule has 1 saturated heterocycles. The van der Waals surface area contributed by atoms with Crippen LogP contribution < -0.4 is 19.3 Å². The third kappa shape index (κ3) is 4.11. The number of benzene rings is 1. The first kappa shape index (κ1) is 21.6. The van der Waals surface area contributed by atoms with Gasteiger partial charge in [-0.25, -0.2) is 9.67 Å². The lowest BCUT2D eigenvalue weighted by Crippen LogP contribution is -2.37. The number of hydrogen-bond donors (Lipinski definition) is 0. The van der Waals surface area contributed by atoms with Gasteiger partial charge in [-0.05, 0) is 43.7 Å². The highest BCUT2D eigenvalue weighted by Crippen LogP contribution is 2.41. The van der Waals surface area contributed by atoms with E-state index in [4.69, 9.17) is 24.3 Å². The Morgan fingerprint density at radius 2 is 1.88 bits per heavy atom. The topological polar surface area (TPSA) is 64.9 Å². The fourth-order valence-electron chi connectivity index (χ4n) is 4.86. The van der Waals surface area contributed by atoms with Crippen molar-refractivity contribution in [2.75, 3.05) is 56.9 Å². The minimum atomic E-state index is 0.714. The second kappa shape index (κ2) is 9.31. The maximum Gasteiger partial charge on any atom is 0.136 e. The fraction of sp³-hybridized carbons (Fsp3) is 0.440. The van der Waals surface area contributed by atoms with Gasteiger partial charge in [0.25, 0.3) is 0 Å². The van der Waals surface area contributed by atoms with Crippen LogP contribution in [0.15, 0.2) is 36.5 Å². The molecule has 3 aromatic rings. The highest BCUT2D eigenvalue weighted by Gasteiger charge is 2.29. The van der Waals surface area contributed by atoms with Crippen molar-refractivity contribution in [1.29, 1.82) is 0 Å². The van der Waals surface area contributed by atoms with Gasteiger partial charge < -0.3 is 24.0 Å². The first-order chi connectivity index (χ1) is 16.2. The van der Waals surface area contributed by atoms with E-state index in [0.717, 1.165) is 91.3 Å². The average Bonchev–Trinajstić information content (AvgIpc) is 3.21. The summed E-state index contributed by atoms with van der Waals surface area (Å²) in [5.74, 6) is 3.84. The van der Waals surface area contributed by atoms with E-state index in [-0.39, 0.29) is 0 Å². The minimum Gasteiger partial charge on any atom is -0.497 e. The van der Waals surface area contributed by atoms with Gasteiger partial charge in [-0.3, -0.25) is 0 Å². The Hall–Kier alpha value is -3.26. The van der Waals surface area contributed by atoms with E-state index in [2.05, 4.69) is 33.5 Å². The molecule has 1 fully saturated rings. The van der Waals surface area contributed by atoms with Gasteiger partial charge in [0.15, 0.2) is 0 Å². The summed E-state index contributed by atoms with van der Waals surface area (Å²) in [7, 11) is 3.41. The predicted molar refractivity (Wildman–Crippen MR) is 128 cm³/mol. The number of nitrogens with zero attached hydrogens (tertiary/aromatic N) is 5. The maximum absolute atomic E-state index is 5.66. The van der Waals surface area contributed by atoms with Crippen LogP contribution in [0.4, 0.5) is 11.6 Å². The summed E-state index contributed by atoms with van der Waals surface area (Å²) in [6.07, 6.45) is 2.92. The summed E-state index contributed by atoms with van der Waals surface area (Å²) in [5, 5.41) is 4.93. The van der Waals surface area contributed by atoms with Crippen molar-refractivity contribution in [3.05, 3.63) is 47.8 Å². The lowest BCUT2D eigenvalue weighted by Gasteiger charge is -2.33. The zero-order chi connectivity index (χ0) is 22.8. The molecule has 0 aliphatic carbocycles. The standard InChI is InChI=1S/C25H31N5O3/c1-18-23(21-6-4-9-26-24(21)28-12-14-33-15-13-28)25-29(10-5-11-30(25)27-18)17-19-16-20(31-2)7-8-22(19)32-3/h4,6-9,16H,5,10-15,17H2,1-3H3. The van der Waals surface area contributed by atoms with Gasteiger partial charge in [0.2, 0.25) is 0 Å². The van der Waals surface area contributed by atoms with Crippen molar-refractivity contribution in [3.63, 3.8) is 0 Å². The van der Waals surface area contributed by atoms with Crippen LogP contribution in [0.5, 0.6) is 11.5 Å². The molecule has 0 unspecified atom stereocenters. The van der Waals surface area contributed by atoms with E-state index >= 15 is 0 Å². The van der Waals surface area contributed by atoms with Gasteiger partial charge in [0.1, 0.15) is 23.1 Å². The SMILES string of the molecule is COc1ccc(OC)c(CN2CCCn3nc(C)c(-c4cccnc4N4CCOCC4)c32)c1. The normalized spacial score (nSPS) is 16.0. The molecule has 174 valence electrons. The van der Waals surface area contributed by atoms with Crippen LogP contribution in [-0.4, -0.2) is 61.8 Å². The number of ether oxygens (including phenoxy) is 3. The molecule has 0 N–H and O–H groups in total. The van der Waals surface area contributed by atoms with Gasteiger partial charge in [0, 0.05) is 50.0 Å². The highest BCUT2D eigenvalue weighted by atomic mass is 16.5. The third-order valence-electron chi connectivity index (χ3n) is 6.41. The zero-order valence-corrected chi connectivity index (χ0v) is 19.6. The Morgan fingerprint density at radius 1 is 1.03 bits per heavy atom. The van der Waals surface area contributed by atoms with Crippen LogP contribution >= 0.6 is 0 Å². The number of rotatable bonds is 6. The summed E-state index contributed by atoms with van der Waals surface area (Å²) >= 11 is 0. The molecule has 0 atom stereocenters. The van der Waals surface area contributed by atoms with Crippen molar-refractivity contribution in [1.82, 2.24) is 14.8 Å². The predicted octanol–water partition coefficient (Wildman–Crippen LogP) is 3.52. The molecule has 2 aliphatic rings. The van der Waals surface area contributed by atoms with E-state index in [1.54, 1.807) is 14.2 Å². The lowest BCUT2D eigenvalue weighted by molar-refractivity contribution is 0.122. The van der Waals surface area contributed by atoms with Gasteiger partial charge in [0.05, 0.1) is 38.7 Å². The molecule has 0 bridgehead atoms. The Bertz CT molecular complexity index is 1120. The van der Waals surface area contributed by atoms with Crippen molar-refractivity contribution >= 4 is 11.6 Å². The number of pyridine rings is 1. The van der Waals surface area contributed by atoms with Crippen LogP contribution in [0, 0.1) is 6.92 Å². The molecule has 0 saturated carbocycles. The average molecular weight is 450 g/mol. The first-order valence-electron chi connectivity index (χ1n) is 11.5. The van der Waals surface area contributed by atoms with Gasteiger partial charge in [-0.1, -0.05) is 0 Å². The molecule has 2 aromatic heterocycles. The molecular weight excluding hydrogens is 418 g/mol. The fourth-order valence-corrected chi connectivity index (χ4v) is 4.86. The minimum absolute atomic E-state index is 0.714.